The third-order valence-corrected chi connectivity index (χ3v) is 5.46. The van der Waals surface area contributed by atoms with Gasteiger partial charge in [0.05, 0.1) is 12.7 Å². The van der Waals surface area contributed by atoms with Gasteiger partial charge < -0.3 is 49.6 Å². The number of aliphatic hydroxyl groups is 4. The molecule has 186 valence electrons. The van der Waals surface area contributed by atoms with Crippen molar-refractivity contribution in [3.05, 3.63) is 46.6 Å². The summed E-state index contributed by atoms with van der Waals surface area (Å²) in [5, 5.41) is 70.0. The van der Waals surface area contributed by atoms with Gasteiger partial charge in [0.1, 0.15) is 34.7 Å². The largest absolute Gasteiger partial charge is 0.504 e. The van der Waals surface area contributed by atoms with Crippen LogP contribution in [0.2, 0.25) is 0 Å². The lowest BCUT2D eigenvalue weighted by atomic mass is 9.97. The average molecular weight is 492 g/mol. The average Bonchev–Trinajstić information content (AvgIpc) is 2.82. The quantitative estimate of drug-likeness (QED) is 0.176. The van der Waals surface area contributed by atoms with E-state index in [9.17, 15) is 40.2 Å². The van der Waals surface area contributed by atoms with E-state index < -0.39 is 64.4 Å². The van der Waals surface area contributed by atoms with Crippen LogP contribution in [-0.4, -0.2) is 79.2 Å². The Labute approximate surface area is 195 Å². The Bertz CT molecular complexity index is 1350. The maximum Gasteiger partial charge on any atom is 0.356 e. The number of aliphatic carboxylic acids is 1. The second kappa shape index (κ2) is 8.72. The lowest BCUT2D eigenvalue weighted by Gasteiger charge is -2.43. The van der Waals surface area contributed by atoms with Crippen LogP contribution in [0.1, 0.15) is 0 Å². The first-order valence-corrected chi connectivity index (χ1v) is 10.0. The Morgan fingerprint density at radius 3 is 2.37 bits per heavy atom. The maximum absolute atomic E-state index is 12.7. The molecule has 13 heteroatoms. The molecule has 7 N–H and O–H groups in total. The molecular formula is C22H20O13. The van der Waals surface area contributed by atoms with Crippen molar-refractivity contribution in [1.29, 1.82) is 0 Å². The van der Waals surface area contributed by atoms with Crippen molar-refractivity contribution < 1.29 is 59.2 Å². The van der Waals surface area contributed by atoms with E-state index in [0.717, 1.165) is 12.1 Å². The molecule has 1 aliphatic heterocycles. The van der Waals surface area contributed by atoms with E-state index in [1.54, 1.807) is 24.3 Å². The summed E-state index contributed by atoms with van der Waals surface area (Å²) in [5.41, 5.74) is -0.730. The first-order chi connectivity index (χ1) is 16.5. The summed E-state index contributed by atoms with van der Waals surface area (Å²) in [6.45, 7) is 0. The second-order valence-electron chi connectivity index (χ2n) is 7.66. The molecule has 4 rings (SSSR count). The van der Waals surface area contributed by atoms with Gasteiger partial charge in [-0.25, -0.2) is 4.79 Å². The fraction of sp³-hybridized carbons (Fsp3) is 0.273. The Morgan fingerprint density at radius 1 is 1.03 bits per heavy atom. The first-order valence-electron chi connectivity index (χ1n) is 10.0. The number of fused-ring (bicyclic) bond motifs is 1. The van der Waals surface area contributed by atoms with Crippen molar-refractivity contribution in [2.24, 2.45) is 0 Å². The molecule has 5 atom stereocenters. The van der Waals surface area contributed by atoms with Gasteiger partial charge in [-0.2, -0.15) is 0 Å². The Balaban J connectivity index is 1.83. The van der Waals surface area contributed by atoms with Crippen LogP contribution < -0.4 is 14.9 Å². The number of carboxylic acids is 1. The van der Waals surface area contributed by atoms with Crippen LogP contribution in [0.15, 0.2) is 45.6 Å². The number of rotatable bonds is 5. The maximum atomic E-state index is 12.7. The molecule has 1 fully saturated rings. The molecule has 0 amide bonds. The molecule has 2 heterocycles. The molecule has 0 spiro atoms. The summed E-state index contributed by atoms with van der Waals surface area (Å²) in [6.07, 6.45) is -9.02. The van der Waals surface area contributed by atoms with E-state index >= 15 is 0 Å². The van der Waals surface area contributed by atoms with Crippen LogP contribution in [0.5, 0.6) is 23.0 Å². The number of ether oxygens (including phenoxy) is 3. The van der Waals surface area contributed by atoms with E-state index in [2.05, 4.69) is 0 Å². The predicted molar refractivity (Wildman–Crippen MR) is 114 cm³/mol. The van der Waals surface area contributed by atoms with Crippen molar-refractivity contribution in [2.45, 2.75) is 30.4 Å². The van der Waals surface area contributed by atoms with Crippen LogP contribution >= 0.6 is 0 Å². The number of carbonyl (C=O) groups is 1. The molecular weight excluding hydrogens is 472 g/mol. The summed E-state index contributed by atoms with van der Waals surface area (Å²) in [7, 11) is 1.40. The van der Waals surface area contributed by atoms with Gasteiger partial charge in [0.2, 0.25) is 5.75 Å². The molecule has 0 aliphatic carbocycles. The number of phenolic OH excluding ortho intramolecular Hbond substituents is 2. The number of carboxylic acid groups (broad SMARTS) is 1. The minimum Gasteiger partial charge on any atom is -0.504 e. The van der Waals surface area contributed by atoms with Gasteiger partial charge in [-0.1, -0.05) is 12.1 Å². The molecule has 0 saturated carbocycles. The zero-order valence-electron chi connectivity index (χ0n) is 17.9. The van der Waals surface area contributed by atoms with E-state index in [0.29, 0.717) is 11.3 Å². The van der Waals surface area contributed by atoms with Crippen molar-refractivity contribution >= 4 is 16.9 Å². The molecule has 13 nitrogen and oxygen atoms in total. The number of aromatic hydroxyl groups is 2. The molecule has 1 unspecified atom stereocenters. The summed E-state index contributed by atoms with van der Waals surface area (Å²) >= 11 is 0. The van der Waals surface area contributed by atoms with Crippen LogP contribution in [0.25, 0.3) is 22.3 Å². The highest BCUT2D eigenvalue weighted by atomic mass is 16.8. The first kappa shape index (κ1) is 24.3. The fourth-order valence-corrected chi connectivity index (χ4v) is 3.67. The van der Waals surface area contributed by atoms with Gasteiger partial charge in [-0.15, -0.1) is 0 Å². The van der Waals surface area contributed by atoms with Crippen molar-refractivity contribution in [3.63, 3.8) is 0 Å². The third-order valence-electron chi connectivity index (χ3n) is 5.46. The Kier molecular flexibility index (Phi) is 6.04. The van der Waals surface area contributed by atoms with Gasteiger partial charge in [0.25, 0.3) is 0 Å². The van der Waals surface area contributed by atoms with E-state index in [4.69, 9.17) is 23.7 Å². The summed E-state index contributed by atoms with van der Waals surface area (Å²) in [4.78, 5) is 24.0. The number of aliphatic hydroxyl groups excluding tert-OH is 3. The van der Waals surface area contributed by atoms with E-state index in [-0.39, 0.29) is 11.3 Å². The number of methoxy groups -OCH3 is 1. The van der Waals surface area contributed by atoms with Gasteiger partial charge in [-0.3, -0.25) is 9.53 Å². The molecule has 0 bridgehead atoms. The van der Waals surface area contributed by atoms with E-state index in [1.807, 2.05) is 0 Å². The molecule has 3 aromatic rings. The zero-order valence-corrected chi connectivity index (χ0v) is 17.9. The fourth-order valence-electron chi connectivity index (χ4n) is 3.67. The minimum atomic E-state index is -3.31. The second-order valence-corrected chi connectivity index (χ2v) is 7.66. The molecule has 35 heavy (non-hydrogen) atoms. The zero-order chi connectivity index (χ0) is 25.7. The summed E-state index contributed by atoms with van der Waals surface area (Å²) < 4.78 is 20.8. The van der Waals surface area contributed by atoms with Crippen LogP contribution in [0, 0.1) is 0 Å². The van der Waals surface area contributed by atoms with Gasteiger partial charge in [-0.05, 0) is 12.1 Å². The van der Waals surface area contributed by atoms with Gasteiger partial charge in [0, 0.05) is 12.1 Å². The summed E-state index contributed by atoms with van der Waals surface area (Å²) in [6, 6.07) is 8.46. The highest BCUT2D eigenvalue weighted by molar-refractivity contribution is 5.89. The van der Waals surface area contributed by atoms with Crippen LogP contribution in [-0.2, 0) is 9.53 Å². The van der Waals surface area contributed by atoms with E-state index in [1.165, 1.54) is 7.11 Å². The normalized spacial score (nSPS) is 26.4. The van der Waals surface area contributed by atoms with Crippen LogP contribution in [0.3, 0.4) is 0 Å². The number of para-hydroxylation sites is 1. The lowest BCUT2D eigenvalue weighted by molar-refractivity contribution is -0.415. The third kappa shape index (κ3) is 4.00. The molecule has 1 saturated heterocycles. The summed E-state index contributed by atoms with van der Waals surface area (Å²) in [5.74, 6) is -7.66. The minimum absolute atomic E-state index is 0.00754. The van der Waals surface area contributed by atoms with Crippen molar-refractivity contribution in [2.75, 3.05) is 7.11 Å². The number of hydrogen-bond acceptors (Lipinski definition) is 12. The Morgan fingerprint density at radius 2 is 1.71 bits per heavy atom. The van der Waals surface area contributed by atoms with Gasteiger partial charge in [0.15, 0.2) is 29.1 Å². The van der Waals surface area contributed by atoms with Crippen molar-refractivity contribution in [3.8, 4) is 34.3 Å². The number of hydrogen-bond donors (Lipinski definition) is 7. The molecule has 2 aromatic carbocycles. The lowest BCUT2D eigenvalue weighted by Crippen LogP contribution is -2.68. The van der Waals surface area contributed by atoms with Gasteiger partial charge >= 0.3 is 11.9 Å². The molecule has 1 aliphatic rings. The molecule has 1 aromatic heterocycles. The molecule has 0 radical (unpaired) electrons. The number of phenols is 2. The predicted octanol–water partition coefficient (Wildman–Crippen LogP) is -0.529. The monoisotopic (exact) mass is 492 g/mol. The highest BCUT2D eigenvalue weighted by Gasteiger charge is 2.57. The van der Waals surface area contributed by atoms with Crippen molar-refractivity contribution in [1.82, 2.24) is 0 Å². The SMILES string of the molecule is COc1ccccc1-c1cc(=O)c2c(O)c(O)c(OC3(O)O[C@H](C(=O)O)[C@@H](O)[C@H](O)[C@H]3O)cc2o1. The highest BCUT2D eigenvalue weighted by Crippen LogP contribution is 2.44. The standard InChI is InChI=1S/C22H20O13/c1-32-10-5-3-2-4-8(10)11-6-9(23)14-12(33-11)7-13(15(24)16(14)25)34-22(31)20(28)18(27)17(26)19(35-22)21(29)30/h2-7,17-20,24-28,31H,1H3,(H,29,30)/t17-,18-,19-,20+,22?/m0/s1. The Hall–Kier alpha value is -3.88. The number of benzene rings is 2. The topological polar surface area (TPSA) is 217 Å². The van der Waals surface area contributed by atoms with Crippen LogP contribution in [0.4, 0.5) is 0 Å². The smallest absolute Gasteiger partial charge is 0.356 e.